The molecule has 3 atom stereocenters. The molecule has 0 saturated carbocycles. The minimum absolute atomic E-state index is 0.00640. The van der Waals surface area contributed by atoms with Gasteiger partial charge >= 0.3 is 0 Å². The van der Waals surface area contributed by atoms with Crippen LogP contribution in [0.25, 0.3) is 0 Å². The lowest BCUT2D eigenvalue weighted by Gasteiger charge is -2.29. The first-order valence-electron chi connectivity index (χ1n) is 10.3. The van der Waals surface area contributed by atoms with Crippen molar-refractivity contribution in [2.45, 2.75) is 19.1 Å². The SMILES string of the molecule is COc1cc([C@@H]2[C@H]3C(=O)N(c4ccc(C)cc4)C(=O)[C@H]3ON2c2ccccc2)ccc1O. The predicted molar refractivity (Wildman–Crippen MR) is 118 cm³/mol. The largest absolute Gasteiger partial charge is 0.504 e. The Morgan fingerprint density at radius 1 is 0.906 bits per heavy atom. The Kier molecular flexibility index (Phi) is 4.83. The second-order valence-electron chi connectivity index (χ2n) is 7.94. The highest BCUT2D eigenvalue weighted by Gasteiger charge is 2.60. The number of hydrogen-bond donors (Lipinski definition) is 1. The fourth-order valence-corrected chi connectivity index (χ4v) is 4.38. The van der Waals surface area contributed by atoms with Gasteiger partial charge in [-0.05, 0) is 48.9 Å². The molecule has 32 heavy (non-hydrogen) atoms. The molecule has 2 fully saturated rings. The first kappa shape index (κ1) is 20.1. The summed E-state index contributed by atoms with van der Waals surface area (Å²) >= 11 is 0. The minimum atomic E-state index is -0.950. The number of aryl methyl sites for hydroxylation is 1. The monoisotopic (exact) mass is 430 g/mol. The zero-order valence-corrected chi connectivity index (χ0v) is 17.6. The number of nitrogens with zero attached hydrogens (tertiary/aromatic N) is 2. The van der Waals surface area contributed by atoms with Crippen molar-refractivity contribution >= 4 is 23.2 Å². The number of ether oxygens (including phenoxy) is 1. The lowest BCUT2D eigenvalue weighted by Crippen LogP contribution is -2.37. The molecule has 0 unspecified atom stereocenters. The zero-order valence-electron chi connectivity index (χ0n) is 17.6. The normalized spacial score (nSPS) is 22.4. The third-order valence-electron chi connectivity index (χ3n) is 5.96. The van der Waals surface area contributed by atoms with E-state index >= 15 is 0 Å². The van der Waals surface area contributed by atoms with Crippen LogP contribution in [-0.4, -0.2) is 30.1 Å². The van der Waals surface area contributed by atoms with E-state index < -0.39 is 24.0 Å². The molecule has 7 nitrogen and oxygen atoms in total. The summed E-state index contributed by atoms with van der Waals surface area (Å²) in [4.78, 5) is 34.2. The maximum atomic E-state index is 13.6. The summed E-state index contributed by atoms with van der Waals surface area (Å²) in [7, 11) is 1.46. The number of amides is 2. The van der Waals surface area contributed by atoms with Crippen molar-refractivity contribution in [1.29, 1.82) is 0 Å². The highest BCUT2D eigenvalue weighted by molar-refractivity contribution is 6.23. The summed E-state index contributed by atoms with van der Waals surface area (Å²) in [6.45, 7) is 1.95. The smallest absolute Gasteiger partial charge is 0.266 e. The van der Waals surface area contributed by atoms with E-state index in [9.17, 15) is 14.7 Å². The van der Waals surface area contributed by atoms with E-state index in [1.54, 1.807) is 29.3 Å². The average Bonchev–Trinajstić information content (AvgIpc) is 3.32. The summed E-state index contributed by atoms with van der Waals surface area (Å²) in [5.74, 6) is -1.19. The van der Waals surface area contributed by atoms with Crippen LogP contribution in [0.5, 0.6) is 11.5 Å². The average molecular weight is 430 g/mol. The lowest BCUT2D eigenvalue weighted by molar-refractivity contribution is -0.126. The minimum Gasteiger partial charge on any atom is -0.504 e. The van der Waals surface area contributed by atoms with Crippen molar-refractivity contribution in [3.63, 3.8) is 0 Å². The first-order valence-corrected chi connectivity index (χ1v) is 10.3. The van der Waals surface area contributed by atoms with Gasteiger partial charge in [0.2, 0.25) is 5.91 Å². The lowest BCUT2D eigenvalue weighted by atomic mass is 9.90. The molecule has 0 radical (unpaired) electrons. The summed E-state index contributed by atoms with van der Waals surface area (Å²) in [6.07, 6.45) is -0.950. The molecular formula is C25H22N2O5. The van der Waals surface area contributed by atoms with Crippen LogP contribution in [0.4, 0.5) is 11.4 Å². The summed E-state index contributed by atoms with van der Waals surface area (Å²) < 4.78 is 5.28. The number of fused-ring (bicyclic) bond motifs is 1. The van der Waals surface area contributed by atoms with E-state index in [2.05, 4.69) is 0 Å². The molecule has 2 heterocycles. The van der Waals surface area contributed by atoms with Gasteiger partial charge in [-0.3, -0.25) is 14.4 Å². The highest BCUT2D eigenvalue weighted by Crippen LogP contribution is 2.48. The molecule has 7 heteroatoms. The number of rotatable bonds is 4. The van der Waals surface area contributed by atoms with Crippen molar-refractivity contribution in [2.75, 3.05) is 17.1 Å². The van der Waals surface area contributed by atoms with E-state index in [4.69, 9.17) is 9.57 Å². The van der Waals surface area contributed by atoms with Crippen molar-refractivity contribution in [3.05, 3.63) is 83.9 Å². The molecule has 2 amide bonds. The second-order valence-corrected chi connectivity index (χ2v) is 7.94. The van der Waals surface area contributed by atoms with Gasteiger partial charge in [-0.25, -0.2) is 9.96 Å². The first-order chi connectivity index (χ1) is 15.5. The van der Waals surface area contributed by atoms with Gasteiger partial charge in [0.15, 0.2) is 17.6 Å². The van der Waals surface area contributed by atoms with Crippen LogP contribution in [-0.2, 0) is 14.4 Å². The third-order valence-corrected chi connectivity index (χ3v) is 5.96. The number of phenols is 1. The van der Waals surface area contributed by atoms with Gasteiger partial charge < -0.3 is 9.84 Å². The van der Waals surface area contributed by atoms with Crippen LogP contribution >= 0.6 is 0 Å². The fourth-order valence-electron chi connectivity index (χ4n) is 4.38. The molecule has 0 aromatic heterocycles. The molecule has 0 bridgehead atoms. The number of imide groups is 1. The topological polar surface area (TPSA) is 79.3 Å². The number of aromatic hydroxyl groups is 1. The molecule has 3 aromatic carbocycles. The standard InChI is InChI=1S/C25H22N2O5/c1-15-8-11-17(12-9-15)26-24(29)21-22(16-10-13-19(28)20(14-16)31-2)27(32-23(21)25(26)30)18-6-4-3-5-7-18/h3-14,21-23,28H,1-2H3/t21-,22-,23+/m1/s1. The van der Waals surface area contributed by atoms with E-state index in [-0.39, 0.29) is 17.4 Å². The maximum absolute atomic E-state index is 13.6. The van der Waals surface area contributed by atoms with Gasteiger partial charge in [0.05, 0.1) is 24.5 Å². The van der Waals surface area contributed by atoms with Crippen LogP contribution < -0.4 is 14.7 Å². The quantitative estimate of drug-likeness (QED) is 0.635. The van der Waals surface area contributed by atoms with Crippen molar-refractivity contribution in [3.8, 4) is 11.5 Å². The molecule has 0 spiro atoms. The number of hydroxylamine groups is 1. The Bertz CT molecular complexity index is 1180. The van der Waals surface area contributed by atoms with Gasteiger partial charge in [-0.1, -0.05) is 42.0 Å². The van der Waals surface area contributed by atoms with Crippen molar-refractivity contribution < 1.29 is 24.3 Å². The van der Waals surface area contributed by atoms with Crippen LogP contribution in [0.1, 0.15) is 17.2 Å². The van der Waals surface area contributed by atoms with Crippen LogP contribution in [0.15, 0.2) is 72.8 Å². The van der Waals surface area contributed by atoms with Crippen LogP contribution in [0.3, 0.4) is 0 Å². The van der Waals surface area contributed by atoms with Crippen LogP contribution in [0.2, 0.25) is 0 Å². The van der Waals surface area contributed by atoms with Crippen molar-refractivity contribution in [2.24, 2.45) is 5.92 Å². The molecule has 2 aliphatic heterocycles. The summed E-state index contributed by atoms with van der Waals surface area (Å²) in [6, 6.07) is 20.9. The molecule has 2 aliphatic rings. The van der Waals surface area contributed by atoms with E-state index in [1.807, 2.05) is 49.4 Å². The molecule has 3 aromatic rings. The van der Waals surface area contributed by atoms with Gasteiger partial charge in [-0.15, -0.1) is 0 Å². The number of anilines is 2. The van der Waals surface area contributed by atoms with Gasteiger partial charge in [-0.2, -0.15) is 0 Å². The number of methoxy groups -OCH3 is 1. The molecule has 2 saturated heterocycles. The molecule has 1 N–H and O–H groups in total. The Morgan fingerprint density at radius 2 is 1.62 bits per heavy atom. The Hall–Kier alpha value is -3.84. The predicted octanol–water partition coefficient (Wildman–Crippen LogP) is 3.76. The maximum Gasteiger partial charge on any atom is 0.266 e. The van der Waals surface area contributed by atoms with E-state index in [0.29, 0.717) is 11.3 Å². The summed E-state index contributed by atoms with van der Waals surface area (Å²) in [5.41, 5.74) is 2.98. The van der Waals surface area contributed by atoms with E-state index in [0.717, 1.165) is 11.3 Å². The molecule has 162 valence electrons. The Labute approximate surface area is 185 Å². The molecule has 5 rings (SSSR count). The number of hydrogen-bond acceptors (Lipinski definition) is 6. The van der Waals surface area contributed by atoms with E-state index in [1.165, 1.54) is 18.1 Å². The molecular weight excluding hydrogens is 408 g/mol. The van der Waals surface area contributed by atoms with Gasteiger partial charge in [0.25, 0.3) is 5.91 Å². The highest BCUT2D eigenvalue weighted by atomic mass is 16.7. The fraction of sp³-hybridized carbons (Fsp3) is 0.200. The summed E-state index contributed by atoms with van der Waals surface area (Å²) in [5, 5.41) is 11.7. The Balaban J connectivity index is 1.60. The number of carbonyl (C=O) groups excluding carboxylic acids is 2. The third kappa shape index (κ3) is 3.09. The zero-order chi connectivity index (χ0) is 22.4. The second kappa shape index (κ2) is 7.69. The molecule has 0 aliphatic carbocycles. The van der Waals surface area contributed by atoms with Crippen molar-refractivity contribution in [1.82, 2.24) is 0 Å². The van der Waals surface area contributed by atoms with Crippen LogP contribution in [0, 0.1) is 12.8 Å². The number of carbonyl (C=O) groups is 2. The number of phenolic OH excluding ortho intramolecular Hbond substituents is 1. The van der Waals surface area contributed by atoms with Gasteiger partial charge in [0, 0.05) is 0 Å². The van der Waals surface area contributed by atoms with Gasteiger partial charge in [0.1, 0.15) is 5.92 Å². The Morgan fingerprint density at radius 3 is 2.31 bits per heavy atom. The number of para-hydroxylation sites is 1. The number of benzene rings is 3.